The average molecular weight is 310 g/mol. The molecule has 21 heavy (non-hydrogen) atoms. The molecular formula is C15H20ClN3O2. The molecule has 2 amide bonds. The fourth-order valence-electron chi connectivity index (χ4n) is 2.44. The minimum absolute atomic E-state index is 0.104. The normalized spacial score (nSPS) is 19.7. The van der Waals surface area contributed by atoms with Gasteiger partial charge in [-0.15, -0.1) is 0 Å². The van der Waals surface area contributed by atoms with Gasteiger partial charge in [-0.05, 0) is 25.6 Å². The van der Waals surface area contributed by atoms with E-state index < -0.39 is 6.04 Å². The summed E-state index contributed by atoms with van der Waals surface area (Å²) < 4.78 is 0. The topological polar surface area (TPSA) is 61.4 Å². The highest BCUT2D eigenvalue weighted by Crippen LogP contribution is 2.29. The first-order chi connectivity index (χ1) is 10.0. The lowest BCUT2D eigenvalue weighted by Gasteiger charge is -2.19. The number of carbonyl (C=O) groups excluding carboxylic acids is 2. The molecule has 2 unspecified atom stereocenters. The van der Waals surface area contributed by atoms with Gasteiger partial charge in [0.2, 0.25) is 11.8 Å². The fourth-order valence-corrected chi connectivity index (χ4v) is 2.67. The Morgan fingerprint density at radius 2 is 2.19 bits per heavy atom. The van der Waals surface area contributed by atoms with E-state index in [-0.39, 0.29) is 17.7 Å². The molecular weight excluding hydrogens is 290 g/mol. The predicted molar refractivity (Wildman–Crippen MR) is 83.4 cm³/mol. The van der Waals surface area contributed by atoms with Crippen molar-refractivity contribution in [3.63, 3.8) is 0 Å². The van der Waals surface area contributed by atoms with E-state index in [1.165, 1.54) is 0 Å². The van der Waals surface area contributed by atoms with Crippen LogP contribution in [0.1, 0.15) is 13.3 Å². The summed E-state index contributed by atoms with van der Waals surface area (Å²) in [4.78, 5) is 26.0. The van der Waals surface area contributed by atoms with E-state index in [0.717, 1.165) is 0 Å². The first kappa shape index (κ1) is 15.8. The van der Waals surface area contributed by atoms with Gasteiger partial charge in [-0.1, -0.05) is 30.7 Å². The van der Waals surface area contributed by atoms with E-state index in [2.05, 4.69) is 10.6 Å². The van der Waals surface area contributed by atoms with Crippen LogP contribution in [-0.4, -0.2) is 38.0 Å². The Balaban J connectivity index is 2.02. The maximum Gasteiger partial charge on any atom is 0.249 e. The maximum absolute atomic E-state index is 12.4. The highest BCUT2D eigenvalue weighted by molar-refractivity contribution is 6.34. The SMILES string of the molecule is CNCC(C)C(=O)NC1CCN(c2ccccc2Cl)C1=O. The van der Waals surface area contributed by atoms with Crippen molar-refractivity contribution >= 4 is 29.1 Å². The van der Waals surface area contributed by atoms with Gasteiger partial charge in [0.1, 0.15) is 6.04 Å². The van der Waals surface area contributed by atoms with Crippen LogP contribution in [0.2, 0.25) is 5.02 Å². The zero-order chi connectivity index (χ0) is 15.4. The summed E-state index contributed by atoms with van der Waals surface area (Å²) in [7, 11) is 1.80. The van der Waals surface area contributed by atoms with Crippen LogP contribution in [0.25, 0.3) is 0 Å². The van der Waals surface area contributed by atoms with Crippen LogP contribution in [0.3, 0.4) is 0 Å². The number of para-hydroxylation sites is 1. The molecule has 0 bridgehead atoms. The van der Waals surface area contributed by atoms with Gasteiger partial charge in [0, 0.05) is 19.0 Å². The average Bonchev–Trinajstić information content (AvgIpc) is 2.81. The summed E-state index contributed by atoms with van der Waals surface area (Å²) in [6.45, 7) is 2.98. The molecule has 1 aromatic carbocycles. The largest absolute Gasteiger partial charge is 0.344 e. The molecule has 1 saturated heterocycles. The number of benzene rings is 1. The zero-order valence-electron chi connectivity index (χ0n) is 12.2. The molecule has 2 atom stereocenters. The summed E-state index contributed by atoms with van der Waals surface area (Å²) in [6.07, 6.45) is 0.599. The number of amides is 2. The standard InChI is InChI=1S/C15H20ClN3O2/c1-10(9-17-2)14(20)18-12-7-8-19(15(12)21)13-6-4-3-5-11(13)16/h3-6,10,12,17H,7-9H2,1-2H3,(H,18,20). The minimum Gasteiger partial charge on any atom is -0.344 e. The van der Waals surface area contributed by atoms with Crippen molar-refractivity contribution in [3.05, 3.63) is 29.3 Å². The number of halogens is 1. The number of nitrogens with zero attached hydrogens (tertiary/aromatic N) is 1. The van der Waals surface area contributed by atoms with Crippen molar-refractivity contribution in [1.82, 2.24) is 10.6 Å². The Bertz CT molecular complexity index is 535. The van der Waals surface area contributed by atoms with E-state index in [1.54, 1.807) is 18.0 Å². The monoisotopic (exact) mass is 309 g/mol. The van der Waals surface area contributed by atoms with Gasteiger partial charge < -0.3 is 15.5 Å². The Morgan fingerprint density at radius 3 is 2.86 bits per heavy atom. The van der Waals surface area contributed by atoms with Crippen molar-refractivity contribution in [1.29, 1.82) is 0 Å². The second kappa shape index (κ2) is 6.91. The Kier molecular flexibility index (Phi) is 5.20. The van der Waals surface area contributed by atoms with Crippen molar-refractivity contribution in [2.45, 2.75) is 19.4 Å². The molecule has 0 saturated carbocycles. The fraction of sp³-hybridized carbons (Fsp3) is 0.467. The van der Waals surface area contributed by atoms with Crippen molar-refractivity contribution in [2.24, 2.45) is 5.92 Å². The van der Waals surface area contributed by atoms with Crippen LogP contribution in [0, 0.1) is 5.92 Å². The predicted octanol–water partition coefficient (Wildman–Crippen LogP) is 1.42. The van der Waals surface area contributed by atoms with E-state index in [4.69, 9.17) is 11.6 Å². The second-order valence-electron chi connectivity index (χ2n) is 5.25. The lowest BCUT2D eigenvalue weighted by Crippen LogP contribution is -2.45. The van der Waals surface area contributed by atoms with Crippen molar-refractivity contribution < 1.29 is 9.59 Å². The van der Waals surface area contributed by atoms with Gasteiger partial charge in [-0.25, -0.2) is 0 Å². The molecule has 1 fully saturated rings. The third-order valence-corrected chi connectivity index (χ3v) is 3.94. The Hall–Kier alpha value is -1.59. The van der Waals surface area contributed by atoms with Crippen LogP contribution in [0.4, 0.5) is 5.69 Å². The van der Waals surface area contributed by atoms with Gasteiger partial charge in [-0.2, -0.15) is 0 Å². The second-order valence-corrected chi connectivity index (χ2v) is 5.66. The molecule has 1 aromatic rings. The summed E-state index contributed by atoms with van der Waals surface area (Å²) in [5.41, 5.74) is 0.698. The van der Waals surface area contributed by atoms with Crippen molar-refractivity contribution in [3.8, 4) is 0 Å². The molecule has 5 nitrogen and oxygen atoms in total. The highest BCUT2D eigenvalue weighted by atomic mass is 35.5. The highest BCUT2D eigenvalue weighted by Gasteiger charge is 2.34. The first-order valence-electron chi connectivity index (χ1n) is 7.05. The molecule has 2 rings (SSSR count). The molecule has 6 heteroatoms. The van der Waals surface area contributed by atoms with Crippen LogP contribution < -0.4 is 15.5 Å². The third kappa shape index (κ3) is 3.54. The lowest BCUT2D eigenvalue weighted by molar-refractivity contribution is -0.128. The summed E-state index contributed by atoms with van der Waals surface area (Å²) >= 11 is 6.13. The van der Waals surface area contributed by atoms with E-state index in [0.29, 0.717) is 30.2 Å². The Morgan fingerprint density at radius 1 is 1.48 bits per heavy atom. The number of anilines is 1. The molecule has 0 spiro atoms. The molecule has 1 heterocycles. The van der Waals surface area contributed by atoms with Gasteiger partial charge in [0.25, 0.3) is 0 Å². The smallest absolute Gasteiger partial charge is 0.249 e. The molecule has 2 N–H and O–H groups in total. The zero-order valence-corrected chi connectivity index (χ0v) is 13.0. The summed E-state index contributed by atoms with van der Waals surface area (Å²) in [5, 5.41) is 6.32. The van der Waals surface area contributed by atoms with E-state index in [9.17, 15) is 9.59 Å². The number of hydrogen-bond acceptors (Lipinski definition) is 3. The summed E-state index contributed by atoms with van der Waals surface area (Å²) in [6, 6.07) is 6.77. The lowest BCUT2D eigenvalue weighted by atomic mass is 10.1. The first-order valence-corrected chi connectivity index (χ1v) is 7.43. The molecule has 0 aromatic heterocycles. The molecule has 1 aliphatic rings. The van der Waals surface area contributed by atoms with Crippen LogP contribution >= 0.6 is 11.6 Å². The van der Waals surface area contributed by atoms with Gasteiger partial charge >= 0.3 is 0 Å². The Labute approximate surface area is 129 Å². The number of nitrogens with one attached hydrogen (secondary N) is 2. The molecule has 114 valence electrons. The molecule has 0 radical (unpaired) electrons. The number of rotatable bonds is 5. The van der Waals surface area contributed by atoms with E-state index in [1.807, 2.05) is 25.1 Å². The minimum atomic E-state index is -0.465. The van der Waals surface area contributed by atoms with Gasteiger partial charge in [0.05, 0.1) is 10.7 Å². The number of hydrogen-bond donors (Lipinski definition) is 2. The third-order valence-electron chi connectivity index (χ3n) is 3.62. The van der Waals surface area contributed by atoms with Gasteiger partial charge in [0.15, 0.2) is 0 Å². The molecule has 0 aliphatic carbocycles. The van der Waals surface area contributed by atoms with E-state index >= 15 is 0 Å². The number of carbonyl (C=O) groups is 2. The maximum atomic E-state index is 12.4. The van der Waals surface area contributed by atoms with Crippen LogP contribution in [0.15, 0.2) is 24.3 Å². The quantitative estimate of drug-likeness (QED) is 0.864. The van der Waals surface area contributed by atoms with Crippen LogP contribution in [-0.2, 0) is 9.59 Å². The van der Waals surface area contributed by atoms with Gasteiger partial charge in [-0.3, -0.25) is 9.59 Å². The molecule has 1 aliphatic heterocycles. The van der Waals surface area contributed by atoms with Crippen LogP contribution in [0.5, 0.6) is 0 Å². The summed E-state index contributed by atoms with van der Waals surface area (Å²) in [5.74, 6) is -0.381. The van der Waals surface area contributed by atoms with Crippen molar-refractivity contribution in [2.75, 3.05) is 25.0 Å².